The van der Waals surface area contributed by atoms with Gasteiger partial charge in [-0.15, -0.1) is 0 Å². The van der Waals surface area contributed by atoms with Crippen LogP contribution in [0.2, 0.25) is 0 Å². The lowest BCUT2D eigenvalue weighted by Crippen LogP contribution is -2.34. The van der Waals surface area contributed by atoms with Gasteiger partial charge in [-0.25, -0.2) is 0 Å². The van der Waals surface area contributed by atoms with E-state index in [0.29, 0.717) is 11.8 Å². The number of phenols is 1. The maximum atomic E-state index is 10.1. The predicted octanol–water partition coefficient (Wildman–Crippen LogP) is 3.57. The number of nitrogens with zero attached hydrogens (tertiary/aromatic N) is 1. The van der Waals surface area contributed by atoms with Gasteiger partial charge in [0.15, 0.2) is 0 Å². The highest BCUT2D eigenvalue weighted by molar-refractivity contribution is 5.54. The fraction of sp³-hybridized carbons (Fsp3) is 0.625. The molecule has 0 bridgehead atoms. The molecule has 1 heterocycles. The number of nitrogens with two attached hydrogens (primary N) is 1. The highest BCUT2D eigenvalue weighted by Crippen LogP contribution is 2.31. The van der Waals surface area contributed by atoms with Gasteiger partial charge < -0.3 is 15.7 Å². The molecule has 0 saturated carbocycles. The molecule has 0 amide bonds. The third kappa shape index (κ3) is 3.21. The SMILES string of the molecule is CCC1CCCCCN1c1ccc(C(C)N)c(O)c1. The van der Waals surface area contributed by atoms with Crippen LogP contribution in [-0.2, 0) is 0 Å². The second kappa shape index (κ2) is 6.29. The van der Waals surface area contributed by atoms with E-state index in [4.69, 9.17) is 5.73 Å². The van der Waals surface area contributed by atoms with Crippen LogP contribution in [-0.4, -0.2) is 17.7 Å². The van der Waals surface area contributed by atoms with Crippen LogP contribution in [0.1, 0.15) is 57.6 Å². The normalized spacial score (nSPS) is 22.1. The number of aromatic hydroxyl groups is 1. The molecule has 1 aliphatic heterocycles. The molecular weight excluding hydrogens is 236 g/mol. The van der Waals surface area contributed by atoms with Crippen molar-refractivity contribution < 1.29 is 5.11 Å². The minimum absolute atomic E-state index is 0.125. The monoisotopic (exact) mass is 262 g/mol. The summed E-state index contributed by atoms with van der Waals surface area (Å²) < 4.78 is 0. The molecule has 3 heteroatoms. The summed E-state index contributed by atoms with van der Waals surface area (Å²) in [7, 11) is 0. The van der Waals surface area contributed by atoms with Crippen molar-refractivity contribution in [1.29, 1.82) is 0 Å². The van der Waals surface area contributed by atoms with Crippen LogP contribution in [0.25, 0.3) is 0 Å². The van der Waals surface area contributed by atoms with E-state index in [9.17, 15) is 5.11 Å². The molecule has 1 fully saturated rings. The molecule has 106 valence electrons. The maximum absolute atomic E-state index is 10.1. The van der Waals surface area contributed by atoms with E-state index in [-0.39, 0.29) is 6.04 Å². The lowest BCUT2D eigenvalue weighted by atomic mass is 10.0. The summed E-state index contributed by atoms with van der Waals surface area (Å²) in [4.78, 5) is 2.46. The standard InChI is InChI=1S/C16H26N2O/c1-3-13-7-5-4-6-10-18(13)14-8-9-15(12(2)17)16(19)11-14/h8-9,11-13,19H,3-7,10,17H2,1-2H3. The van der Waals surface area contributed by atoms with Crippen LogP contribution in [0.3, 0.4) is 0 Å². The van der Waals surface area contributed by atoms with Crippen molar-refractivity contribution in [2.45, 2.75) is 58.0 Å². The van der Waals surface area contributed by atoms with Crippen molar-refractivity contribution in [1.82, 2.24) is 0 Å². The highest BCUT2D eigenvalue weighted by atomic mass is 16.3. The summed E-state index contributed by atoms with van der Waals surface area (Å²) in [6, 6.07) is 6.43. The van der Waals surface area contributed by atoms with E-state index >= 15 is 0 Å². The Morgan fingerprint density at radius 2 is 2.16 bits per heavy atom. The smallest absolute Gasteiger partial charge is 0.122 e. The van der Waals surface area contributed by atoms with Crippen molar-refractivity contribution in [3.05, 3.63) is 23.8 Å². The Hall–Kier alpha value is -1.22. The largest absolute Gasteiger partial charge is 0.508 e. The number of hydrogen-bond donors (Lipinski definition) is 2. The van der Waals surface area contributed by atoms with Gasteiger partial charge in [0, 0.05) is 35.9 Å². The average molecular weight is 262 g/mol. The number of anilines is 1. The van der Waals surface area contributed by atoms with Gasteiger partial charge in [0.25, 0.3) is 0 Å². The van der Waals surface area contributed by atoms with Crippen molar-refractivity contribution >= 4 is 5.69 Å². The van der Waals surface area contributed by atoms with E-state index in [1.807, 2.05) is 19.1 Å². The first-order valence-electron chi connectivity index (χ1n) is 7.48. The van der Waals surface area contributed by atoms with Gasteiger partial charge in [0.1, 0.15) is 5.75 Å². The van der Waals surface area contributed by atoms with Gasteiger partial charge in [0.05, 0.1) is 0 Å². The molecule has 0 radical (unpaired) electrons. The third-order valence-electron chi connectivity index (χ3n) is 4.18. The average Bonchev–Trinajstić information content (AvgIpc) is 2.63. The van der Waals surface area contributed by atoms with Crippen molar-refractivity contribution in [2.24, 2.45) is 5.73 Å². The fourth-order valence-electron chi connectivity index (χ4n) is 3.04. The summed E-state index contributed by atoms with van der Waals surface area (Å²) in [6.45, 7) is 5.24. The molecule has 0 aromatic heterocycles. The summed E-state index contributed by atoms with van der Waals surface area (Å²) in [5, 5.41) is 10.1. The zero-order valence-electron chi connectivity index (χ0n) is 12.1. The Balaban J connectivity index is 2.26. The summed E-state index contributed by atoms with van der Waals surface area (Å²) >= 11 is 0. The Bertz CT molecular complexity index is 417. The van der Waals surface area contributed by atoms with Gasteiger partial charge in [-0.05, 0) is 32.3 Å². The first kappa shape index (κ1) is 14.2. The Morgan fingerprint density at radius 3 is 2.79 bits per heavy atom. The number of benzene rings is 1. The Kier molecular flexibility index (Phi) is 4.70. The topological polar surface area (TPSA) is 49.5 Å². The van der Waals surface area contributed by atoms with Crippen molar-refractivity contribution in [3.8, 4) is 5.75 Å². The molecule has 2 rings (SSSR count). The molecule has 19 heavy (non-hydrogen) atoms. The lowest BCUT2D eigenvalue weighted by molar-refractivity contribution is 0.463. The predicted molar refractivity (Wildman–Crippen MR) is 80.6 cm³/mol. The zero-order valence-corrected chi connectivity index (χ0v) is 12.1. The quantitative estimate of drug-likeness (QED) is 0.875. The van der Waals surface area contributed by atoms with Gasteiger partial charge in [-0.2, -0.15) is 0 Å². The van der Waals surface area contributed by atoms with E-state index in [2.05, 4.69) is 17.9 Å². The molecule has 0 aliphatic carbocycles. The molecular formula is C16H26N2O. The minimum atomic E-state index is -0.125. The molecule has 1 saturated heterocycles. The Labute approximate surface area is 116 Å². The van der Waals surface area contributed by atoms with Crippen LogP contribution in [0.4, 0.5) is 5.69 Å². The molecule has 1 aromatic rings. The lowest BCUT2D eigenvalue weighted by Gasteiger charge is -2.32. The first-order valence-corrected chi connectivity index (χ1v) is 7.48. The zero-order chi connectivity index (χ0) is 13.8. The molecule has 3 nitrogen and oxygen atoms in total. The van der Waals surface area contributed by atoms with E-state index in [0.717, 1.165) is 24.2 Å². The molecule has 0 spiro atoms. The van der Waals surface area contributed by atoms with E-state index in [1.165, 1.54) is 25.7 Å². The highest BCUT2D eigenvalue weighted by Gasteiger charge is 2.20. The maximum Gasteiger partial charge on any atom is 0.122 e. The molecule has 2 atom stereocenters. The van der Waals surface area contributed by atoms with Gasteiger partial charge in [-0.1, -0.05) is 25.8 Å². The first-order chi connectivity index (χ1) is 9.13. The fourth-order valence-corrected chi connectivity index (χ4v) is 3.04. The summed E-state index contributed by atoms with van der Waals surface area (Å²) in [5.41, 5.74) is 7.81. The number of hydrogen-bond acceptors (Lipinski definition) is 3. The van der Waals surface area contributed by atoms with Gasteiger partial charge in [0.2, 0.25) is 0 Å². The third-order valence-corrected chi connectivity index (χ3v) is 4.18. The Morgan fingerprint density at radius 1 is 1.37 bits per heavy atom. The van der Waals surface area contributed by atoms with Crippen LogP contribution < -0.4 is 10.6 Å². The second-order valence-corrected chi connectivity index (χ2v) is 5.64. The minimum Gasteiger partial charge on any atom is -0.508 e. The van der Waals surface area contributed by atoms with Crippen LogP contribution in [0.5, 0.6) is 5.75 Å². The molecule has 3 N–H and O–H groups in total. The van der Waals surface area contributed by atoms with Crippen LogP contribution in [0, 0.1) is 0 Å². The second-order valence-electron chi connectivity index (χ2n) is 5.64. The van der Waals surface area contributed by atoms with E-state index in [1.54, 1.807) is 0 Å². The number of rotatable bonds is 3. The van der Waals surface area contributed by atoms with Gasteiger partial charge >= 0.3 is 0 Å². The summed E-state index contributed by atoms with van der Waals surface area (Å²) in [6.07, 6.45) is 6.30. The van der Waals surface area contributed by atoms with E-state index < -0.39 is 0 Å². The van der Waals surface area contributed by atoms with Crippen LogP contribution in [0.15, 0.2) is 18.2 Å². The number of phenolic OH excluding ortho intramolecular Hbond substituents is 1. The van der Waals surface area contributed by atoms with Gasteiger partial charge in [-0.3, -0.25) is 0 Å². The van der Waals surface area contributed by atoms with Crippen molar-refractivity contribution in [3.63, 3.8) is 0 Å². The molecule has 1 aromatic carbocycles. The molecule has 1 aliphatic rings. The van der Waals surface area contributed by atoms with Crippen LogP contribution >= 0.6 is 0 Å². The molecule has 2 unspecified atom stereocenters. The van der Waals surface area contributed by atoms with Crippen molar-refractivity contribution in [2.75, 3.05) is 11.4 Å². The summed E-state index contributed by atoms with van der Waals surface area (Å²) in [5.74, 6) is 0.326.